The highest BCUT2D eigenvalue weighted by atomic mass is 32.2. The standard InChI is InChI=1S/C25H20N4O2S/c26-32(30,31)22-14-10-20(11-15-22)25-28-24-23(7-4-16-27-24)29(25)21-12-8-19(9-13-21)17-18-5-2-1-3-6-18/h1-16H,17H2,(H2,26,30,31). The summed E-state index contributed by atoms with van der Waals surface area (Å²) in [7, 11) is -3.76. The van der Waals surface area contributed by atoms with E-state index in [0.717, 1.165) is 23.2 Å². The number of nitrogens with two attached hydrogens (primary N) is 1. The quantitative estimate of drug-likeness (QED) is 0.440. The Morgan fingerprint density at radius 3 is 2.16 bits per heavy atom. The first-order chi connectivity index (χ1) is 15.5. The van der Waals surface area contributed by atoms with Crippen molar-refractivity contribution in [2.75, 3.05) is 0 Å². The number of aromatic nitrogens is 3. The van der Waals surface area contributed by atoms with Crippen LogP contribution in [0.4, 0.5) is 0 Å². The Morgan fingerprint density at radius 1 is 0.781 bits per heavy atom. The second-order valence-corrected chi connectivity index (χ2v) is 9.08. The minimum absolute atomic E-state index is 0.0623. The number of rotatable bonds is 5. The second-order valence-electron chi connectivity index (χ2n) is 7.52. The van der Waals surface area contributed by atoms with Gasteiger partial charge in [-0.25, -0.2) is 23.5 Å². The molecule has 7 heteroatoms. The molecule has 0 unspecified atom stereocenters. The number of imidazole rings is 1. The first kappa shape index (κ1) is 20.1. The second kappa shape index (κ2) is 8.03. The molecule has 2 aromatic heterocycles. The van der Waals surface area contributed by atoms with Gasteiger partial charge in [-0.1, -0.05) is 42.5 Å². The smallest absolute Gasteiger partial charge is 0.238 e. The van der Waals surface area contributed by atoms with Crippen molar-refractivity contribution in [1.29, 1.82) is 0 Å². The van der Waals surface area contributed by atoms with Gasteiger partial charge in [0.25, 0.3) is 0 Å². The Morgan fingerprint density at radius 2 is 1.47 bits per heavy atom. The fourth-order valence-electron chi connectivity index (χ4n) is 3.76. The van der Waals surface area contributed by atoms with Crippen LogP contribution in [-0.4, -0.2) is 23.0 Å². The monoisotopic (exact) mass is 440 g/mol. The summed E-state index contributed by atoms with van der Waals surface area (Å²) in [5.41, 5.74) is 5.67. The number of hydrogen-bond donors (Lipinski definition) is 1. The lowest BCUT2D eigenvalue weighted by Gasteiger charge is -2.11. The molecule has 0 radical (unpaired) electrons. The largest absolute Gasteiger partial charge is 0.291 e. The molecular weight excluding hydrogens is 420 g/mol. The van der Waals surface area contributed by atoms with E-state index in [2.05, 4.69) is 41.4 Å². The lowest BCUT2D eigenvalue weighted by molar-refractivity contribution is 0.598. The molecule has 5 aromatic rings. The fraction of sp³-hybridized carbons (Fsp3) is 0.0400. The van der Waals surface area contributed by atoms with Crippen molar-refractivity contribution >= 4 is 21.2 Å². The molecule has 32 heavy (non-hydrogen) atoms. The van der Waals surface area contributed by atoms with Crippen molar-refractivity contribution in [3.05, 3.63) is 108 Å². The van der Waals surface area contributed by atoms with Crippen LogP contribution in [-0.2, 0) is 16.4 Å². The first-order valence-corrected chi connectivity index (χ1v) is 11.6. The van der Waals surface area contributed by atoms with E-state index < -0.39 is 10.0 Å². The first-order valence-electron chi connectivity index (χ1n) is 10.1. The van der Waals surface area contributed by atoms with Crippen molar-refractivity contribution in [3.63, 3.8) is 0 Å². The molecular formula is C25H20N4O2S. The number of benzene rings is 3. The summed E-state index contributed by atoms with van der Waals surface area (Å²) in [6.45, 7) is 0. The highest BCUT2D eigenvalue weighted by Gasteiger charge is 2.16. The Labute approximate surface area is 186 Å². The van der Waals surface area contributed by atoms with Crippen molar-refractivity contribution in [1.82, 2.24) is 14.5 Å². The third kappa shape index (κ3) is 3.91. The summed E-state index contributed by atoms with van der Waals surface area (Å²) in [4.78, 5) is 9.17. The van der Waals surface area contributed by atoms with Gasteiger partial charge in [-0.3, -0.25) is 4.57 Å². The normalized spacial score (nSPS) is 11.7. The molecule has 0 fully saturated rings. The summed E-state index contributed by atoms with van der Waals surface area (Å²) in [6, 6.07) is 28.9. The van der Waals surface area contributed by atoms with Crippen LogP contribution in [0.25, 0.3) is 28.2 Å². The zero-order valence-corrected chi connectivity index (χ0v) is 17.9. The SMILES string of the molecule is NS(=O)(=O)c1ccc(-c2nc3ncccc3n2-c2ccc(Cc3ccccc3)cc2)cc1. The van der Waals surface area contributed by atoms with Gasteiger partial charge in [-0.05, 0) is 66.1 Å². The fourth-order valence-corrected chi connectivity index (χ4v) is 4.27. The van der Waals surface area contributed by atoms with Crippen LogP contribution < -0.4 is 5.14 Å². The van der Waals surface area contributed by atoms with Crippen LogP contribution in [0.3, 0.4) is 0 Å². The number of sulfonamides is 1. The molecule has 2 N–H and O–H groups in total. The molecule has 0 atom stereocenters. The Kier molecular flexibility index (Phi) is 5.05. The van der Waals surface area contributed by atoms with Crippen LogP contribution in [0, 0.1) is 0 Å². The van der Waals surface area contributed by atoms with Gasteiger partial charge in [-0.15, -0.1) is 0 Å². The van der Waals surface area contributed by atoms with Gasteiger partial charge in [0.2, 0.25) is 10.0 Å². The molecule has 0 aliphatic rings. The molecule has 6 nitrogen and oxygen atoms in total. The van der Waals surface area contributed by atoms with Crippen LogP contribution in [0.1, 0.15) is 11.1 Å². The molecule has 0 bridgehead atoms. The molecule has 3 aromatic carbocycles. The maximum atomic E-state index is 11.6. The van der Waals surface area contributed by atoms with Crippen LogP contribution >= 0.6 is 0 Å². The summed E-state index contributed by atoms with van der Waals surface area (Å²) in [5, 5.41) is 5.24. The van der Waals surface area contributed by atoms with E-state index in [1.54, 1.807) is 18.3 Å². The summed E-state index contributed by atoms with van der Waals surface area (Å²) in [5.74, 6) is 0.676. The van der Waals surface area contributed by atoms with Crippen molar-refractivity contribution in [3.8, 4) is 17.1 Å². The predicted molar refractivity (Wildman–Crippen MR) is 125 cm³/mol. The molecule has 158 valence electrons. The maximum Gasteiger partial charge on any atom is 0.238 e. The summed E-state index contributed by atoms with van der Waals surface area (Å²) in [6.07, 6.45) is 2.56. The molecule has 0 saturated heterocycles. The number of fused-ring (bicyclic) bond motifs is 1. The minimum Gasteiger partial charge on any atom is -0.291 e. The van der Waals surface area contributed by atoms with Crippen LogP contribution in [0.5, 0.6) is 0 Å². The van der Waals surface area contributed by atoms with E-state index in [-0.39, 0.29) is 4.90 Å². The number of hydrogen-bond acceptors (Lipinski definition) is 4. The maximum absolute atomic E-state index is 11.6. The molecule has 0 amide bonds. The molecule has 5 rings (SSSR count). The lowest BCUT2D eigenvalue weighted by atomic mass is 10.0. The van der Waals surface area contributed by atoms with E-state index in [1.807, 2.05) is 34.9 Å². The Hall–Kier alpha value is -3.81. The van der Waals surface area contributed by atoms with Crippen molar-refractivity contribution < 1.29 is 8.42 Å². The van der Waals surface area contributed by atoms with Gasteiger partial charge in [0, 0.05) is 17.4 Å². The summed E-state index contributed by atoms with van der Waals surface area (Å²) < 4.78 is 25.3. The Bertz CT molecular complexity index is 1490. The lowest BCUT2D eigenvalue weighted by Crippen LogP contribution is -2.11. The average Bonchev–Trinajstić information content (AvgIpc) is 3.19. The zero-order valence-electron chi connectivity index (χ0n) is 17.1. The van der Waals surface area contributed by atoms with Gasteiger partial charge in [0.1, 0.15) is 5.82 Å². The number of primary sulfonamides is 1. The third-order valence-electron chi connectivity index (χ3n) is 5.32. The number of pyridine rings is 1. The van der Waals surface area contributed by atoms with Gasteiger partial charge >= 0.3 is 0 Å². The third-order valence-corrected chi connectivity index (χ3v) is 6.25. The van der Waals surface area contributed by atoms with Crippen LogP contribution in [0.2, 0.25) is 0 Å². The zero-order chi connectivity index (χ0) is 22.1. The topological polar surface area (TPSA) is 90.9 Å². The molecule has 0 spiro atoms. The van der Waals surface area contributed by atoms with Crippen LogP contribution in [0.15, 0.2) is 102 Å². The highest BCUT2D eigenvalue weighted by molar-refractivity contribution is 7.89. The van der Waals surface area contributed by atoms with Gasteiger partial charge in [0.05, 0.1) is 10.4 Å². The van der Waals surface area contributed by atoms with Crippen molar-refractivity contribution in [2.24, 2.45) is 5.14 Å². The van der Waals surface area contributed by atoms with E-state index >= 15 is 0 Å². The minimum atomic E-state index is -3.76. The van der Waals surface area contributed by atoms with Crippen molar-refractivity contribution in [2.45, 2.75) is 11.3 Å². The highest BCUT2D eigenvalue weighted by Crippen LogP contribution is 2.28. The Balaban J connectivity index is 1.58. The molecule has 2 heterocycles. The summed E-state index contributed by atoms with van der Waals surface area (Å²) >= 11 is 0. The van der Waals surface area contributed by atoms with E-state index in [0.29, 0.717) is 11.5 Å². The average molecular weight is 441 g/mol. The van der Waals surface area contributed by atoms with E-state index in [1.165, 1.54) is 23.3 Å². The van der Waals surface area contributed by atoms with Gasteiger partial charge < -0.3 is 0 Å². The molecule has 0 aliphatic carbocycles. The predicted octanol–water partition coefficient (Wildman–Crippen LogP) is 4.33. The van der Waals surface area contributed by atoms with Gasteiger partial charge in [0.15, 0.2) is 5.65 Å². The molecule has 0 saturated carbocycles. The van der Waals surface area contributed by atoms with Gasteiger partial charge in [-0.2, -0.15) is 0 Å². The molecule has 0 aliphatic heterocycles. The van der Waals surface area contributed by atoms with E-state index in [9.17, 15) is 8.42 Å². The van der Waals surface area contributed by atoms with E-state index in [4.69, 9.17) is 10.1 Å². The number of nitrogens with zero attached hydrogens (tertiary/aromatic N) is 3.